The first-order chi connectivity index (χ1) is 7.66. The maximum atomic E-state index is 11.7. The van der Waals surface area contributed by atoms with E-state index >= 15 is 0 Å². The molecule has 2 rings (SSSR count). The predicted molar refractivity (Wildman–Crippen MR) is 66.2 cm³/mol. The second kappa shape index (κ2) is 4.87. The molecule has 86 valence electrons. The van der Waals surface area contributed by atoms with Gasteiger partial charge in [-0.1, -0.05) is 12.8 Å². The third kappa shape index (κ3) is 2.98. The normalized spacial score (nSPS) is 14.8. The Balaban J connectivity index is 1.93. The van der Waals surface area contributed by atoms with Crippen LogP contribution in [0.4, 0.5) is 5.69 Å². The van der Waals surface area contributed by atoms with E-state index < -0.39 is 0 Å². The Labute approximate surface area is 103 Å². The Morgan fingerprint density at radius 2 is 2.25 bits per heavy atom. The van der Waals surface area contributed by atoms with Gasteiger partial charge in [0.25, 0.3) is 0 Å². The maximum Gasteiger partial charge on any atom is 0.339 e. The molecule has 1 fully saturated rings. The van der Waals surface area contributed by atoms with Gasteiger partial charge in [-0.15, -0.1) is 0 Å². The largest absolute Gasteiger partial charge is 0.462 e. The summed E-state index contributed by atoms with van der Waals surface area (Å²) in [6.45, 7) is 0.505. The number of carbonyl (C=O) groups is 1. The Hall–Kier alpha value is -1.03. The Morgan fingerprint density at radius 1 is 1.50 bits per heavy atom. The third-order valence-electron chi connectivity index (χ3n) is 2.67. The summed E-state index contributed by atoms with van der Waals surface area (Å²) in [5, 5.41) is 0. The van der Waals surface area contributed by atoms with Crippen molar-refractivity contribution in [1.82, 2.24) is 0 Å². The molecule has 1 aromatic carbocycles. The lowest BCUT2D eigenvalue weighted by Gasteiger charge is -2.06. The highest BCUT2D eigenvalue weighted by Gasteiger charge is 2.21. The van der Waals surface area contributed by atoms with Gasteiger partial charge in [0.15, 0.2) is 0 Å². The lowest BCUT2D eigenvalue weighted by molar-refractivity contribution is 0.0494. The molecule has 0 heterocycles. The number of hydrogen-bond donors (Lipinski definition) is 1. The quantitative estimate of drug-likeness (QED) is 0.683. The number of carbonyl (C=O) groups excluding carboxylic acids is 1. The van der Waals surface area contributed by atoms with E-state index in [1.807, 2.05) is 0 Å². The number of halogens is 1. The molecule has 0 amide bonds. The smallest absolute Gasteiger partial charge is 0.339 e. The van der Waals surface area contributed by atoms with Crippen LogP contribution < -0.4 is 5.73 Å². The molecule has 0 radical (unpaired) electrons. The fraction of sp³-hybridized carbons (Fsp3) is 0.417. The molecule has 1 aliphatic carbocycles. The van der Waals surface area contributed by atoms with E-state index in [9.17, 15) is 4.79 Å². The van der Waals surface area contributed by atoms with Gasteiger partial charge in [-0.2, -0.15) is 0 Å². The fourth-order valence-corrected chi connectivity index (χ4v) is 1.91. The zero-order valence-electron chi connectivity index (χ0n) is 8.91. The van der Waals surface area contributed by atoms with Gasteiger partial charge >= 0.3 is 5.97 Å². The van der Waals surface area contributed by atoms with Gasteiger partial charge in [0.1, 0.15) is 0 Å². The van der Waals surface area contributed by atoms with Crippen molar-refractivity contribution in [2.24, 2.45) is 5.92 Å². The highest BCUT2D eigenvalue weighted by molar-refractivity contribution is 9.10. The first-order valence-electron chi connectivity index (χ1n) is 5.39. The average molecular weight is 284 g/mol. The summed E-state index contributed by atoms with van der Waals surface area (Å²) in [5.41, 5.74) is 6.69. The molecule has 1 saturated carbocycles. The number of benzene rings is 1. The van der Waals surface area contributed by atoms with Crippen molar-refractivity contribution in [1.29, 1.82) is 0 Å². The second-order valence-electron chi connectivity index (χ2n) is 4.11. The molecule has 0 saturated heterocycles. The average Bonchev–Trinajstić information content (AvgIpc) is 3.05. The third-order valence-corrected chi connectivity index (χ3v) is 3.36. The minimum atomic E-state index is -0.306. The number of nitrogen functional groups attached to an aromatic ring is 1. The summed E-state index contributed by atoms with van der Waals surface area (Å²) >= 11 is 3.31. The fourth-order valence-electron chi connectivity index (χ4n) is 1.50. The van der Waals surface area contributed by atoms with Crippen LogP contribution in [-0.2, 0) is 4.74 Å². The summed E-state index contributed by atoms with van der Waals surface area (Å²) in [6, 6.07) is 5.13. The van der Waals surface area contributed by atoms with Gasteiger partial charge in [-0.05, 0) is 46.5 Å². The van der Waals surface area contributed by atoms with Crippen LogP contribution in [0.15, 0.2) is 22.7 Å². The number of rotatable bonds is 4. The van der Waals surface area contributed by atoms with Gasteiger partial charge in [-0.25, -0.2) is 4.79 Å². The highest BCUT2D eigenvalue weighted by Crippen LogP contribution is 2.32. The van der Waals surface area contributed by atoms with Crippen molar-refractivity contribution < 1.29 is 9.53 Å². The van der Waals surface area contributed by atoms with Crippen LogP contribution in [0.3, 0.4) is 0 Å². The maximum absolute atomic E-state index is 11.7. The van der Waals surface area contributed by atoms with Gasteiger partial charge in [0.2, 0.25) is 0 Å². The Kier molecular flexibility index (Phi) is 3.49. The van der Waals surface area contributed by atoms with E-state index in [4.69, 9.17) is 10.5 Å². The zero-order valence-corrected chi connectivity index (χ0v) is 10.5. The summed E-state index contributed by atoms with van der Waals surface area (Å²) in [5.74, 6) is 0.469. The van der Waals surface area contributed by atoms with E-state index in [1.165, 1.54) is 12.8 Å². The van der Waals surface area contributed by atoms with Crippen molar-refractivity contribution >= 4 is 27.6 Å². The van der Waals surface area contributed by atoms with Crippen LogP contribution in [-0.4, -0.2) is 12.6 Å². The Morgan fingerprint density at radius 3 is 2.94 bits per heavy atom. The molecule has 2 N–H and O–H groups in total. The standard InChI is InChI=1S/C12H14BrNO2/c13-11-4-3-9(14)7-10(11)12(15)16-6-5-8-1-2-8/h3-4,7-8H,1-2,5-6,14H2. The molecule has 1 aliphatic rings. The minimum Gasteiger partial charge on any atom is -0.462 e. The van der Waals surface area contributed by atoms with E-state index in [2.05, 4.69) is 15.9 Å². The summed E-state index contributed by atoms with van der Waals surface area (Å²) in [6.07, 6.45) is 3.53. The summed E-state index contributed by atoms with van der Waals surface area (Å²) in [7, 11) is 0. The minimum absolute atomic E-state index is 0.306. The molecule has 0 bridgehead atoms. The molecule has 4 heteroatoms. The predicted octanol–water partition coefficient (Wildman–Crippen LogP) is 2.99. The first kappa shape index (κ1) is 11.5. The van der Waals surface area contributed by atoms with Gasteiger partial charge in [0, 0.05) is 10.2 Å². The number of anilines is 1. The Bertz CT molecular complexity index is 402. The zero-order chi connectivity index (χ0) is 11.5. The van der Waals surface area contributed by atoms with Crippen molar-refractivity contribution in [3.8, 4) is 0 Å². The van der Waals surface area contributed by atoms with Crippen molar-refractivity contribution in [2.75, 3.05) is 12.3 Å². The number of esters is 1. The van der Waals surface area contributed by atoms with Crippen molar-refractivity contribution in [3.05, 3.63) is 28.2 Å². The van der Waals surface area contributed by atoms with Crippen molar-refractivity contribution in [3.63, 3.8) is 0 Å². The SMILES string of the molecule is Nc1ccc(Br)c(C(=O)OCCC2CC2)c1. The monoisotopic (exact) mass is 283 g/mol. The van der Waals surface area contributed by atoms with E-state index in [-0.39, 0.29) is 5.97 Å². The van der Waals surface area contributed by atoms with E-state index in [0.29, 0.717) is 17.9 Å². The van der Waals surface area contributed by atoms with Crippen LogP contribution in [0.1, 0.15) is 29.6 Å². The molecule has 0 atom stereocenters. The molecule has 16 heavy (non-hydrogen) atoms. The lowest BCUT2D eigenvalue weighted by atomic mass is 10.2. The molecule has 0 unspecified atom stereocenters. The van der Waals surface area contributed by atoms with Crippen LogP contribution in [0.2, 0.25) is 0 Å². The summed E-state index contributed by atoms with van der Waals surface area (Å²) in [4.78, 5) is 11.7. The van der Waals surface area contributed by atoms with Gasteiger partial charge in [-0.3, -0.25) is 0 Å². The van der Waals surface area contributed by atoms with Gasteiger partial charge < -0.3 is 10.5 Å². The number of hydrogen-bond acceptors (Lipinski definition) is 3. The van der Waals surface area contributed by atoms with E-state index in [0.717, 1.165) is 16.8 Å². The molecule has 0 aliphatic heterocycles. The number of ether oxygens (including phenoxy) is 1. The molecular formula is C12H14BrNO2. The van der Waals surface area contributed by atoms with Crippen LogP contribution in [0.5, 0.6) is 0 Å². The number of nitrogens with two attached hydrogens (primary N) is 1. The van der Waals surface area contributed by atoms with Crippen LogP contribution in [0, 0.1) is 5.92 Å². The lowest BCUT2D eigenvalue weighted by Crippen LogP contribution is -2.08. The second-order valence-corrected chi connectivity index (χ2v) is 4.96. The van der Waals surface area contributed by atoms with Crippen LogP contribution in [0.25, 0.3) is 0 Å². The van der Waals surface area contributed by atoms with Crippen molar-refractivity contribution in [2.45, 2.75) is 19.3 Å². The first-order valence-corrected chi connectivity index (χ1v) is 6.18. The molecule has 3 nitrogen and oxygen atoms in total. The van der Waals surface area contributed by atoms with E-state index in [1.54, 1.807) is 18.2 Å². The summed E-state index contributed by atoms with van der Waals surface area (Å²) < 4.78 is 5.91. The highest BCUT2D eigenvalue weighted by atomic mass is 79.9. The van der Waals surface area contributed by atoms with Gasteiger partial charge in [0.05, 0.1) is 12.2 Å². The van der Waals surface area contributed by atoms with Crippen LogP contribution >= 0.6 is 15.9 Å². The molecule has 0 spiro atoms. The molecule has 0 aromatic heterocycles. The molecule has 1 aromatic rings. The topological polar surface area (TPSA) is 52.3 Å². The molecular weight excluding hydrogens is 270 g/mol.